The first-order chi connectivity index (χ1) is 5.65. The van der Waals surface area contributed by atoms with Crippen LogP contribution in [0.5, 0.6) is 5.19 Å². The van der Waals surface area contributed by atoms with Gasteiger partial charge in [-0.1, -0.05) is 11.3 Å². The quantitative estimate of drug-likeness (QED) is 0.695. The van der Waals surface area contributed by atoms with E-state index in [0.717, 1.165) is 0 Å². The molecule has 12 heavy (non-hydrogen) atoms. The lowest BCUT2D eigenvalue weighted by atomic mass is 10.6. The van der Waals surface area contributed by atoms with Crippen LogP contribution >= 0.6 is 11.3 Å². The van der Waals surface area contributed by atoms with E-state index in [1.165, 1.54) is 23.2 Å². The fourth-order valence-corrected chi connectivity index (χ4v) is 1.32. The Morgan fingerprint density at radius 3 is 2.83 bits per heavy atom. The summed E-state index contributed by atoms with van der Waals surface area (Å²) in [6, 6.07) is 0. The smallest absolute Gasteiger partial charge is 0.274 e. The van der Waals surface area contributed by atoms with E-state index in [9.17, 15) is 4.79 Å². The van der Waals surface area contributed by atoms with Crippen molar-refractivity contribution in [3.63, 3.8) is 0 Å². The molecular formula is C7H10N2O2S. The zero-order valence-electron chi connectivity index (χ0n) is 7.20. The molecule has 0 unspecified atom stereocenters. The van der Waals surface area contributed by atoms with Gasteiger partial charge in [-0.2, -0.15) is 4.98 Å². The van der Waals surface area contributed by atoms with Gasteiger partial charge in [0.05, 0.1) is 7.11 Å². The Morgan fingerprint density at radius 2 is 2.42 bits per heavy atom. The molecule has 0 bridgehead atoms. The number of rotatable bonds is 2. The summed E-state index contributed by atoms with van der Waals surface area (Å²) < 4.78 is 4.89. The lowest BCUT2D eigenvalue weighted by Gasteiger charge is -2.09. The zero-order chi connectivity index (χ0) is 9.14. The molecule has 0 saturated carbocycles. The lowest BCUT2D eigenvalue weighted by molar-refractivity contribution is -0.116. The topological polar surface area (TPSA) is 42.4 Å². The Balaban J connectivity index is 2.81. The highest BCUT2D eigenvalue weighted by Gasteiger charge is 2.09. The molecule has 0 radical (unpaired) electrons. The third kappa shape index (κ3) is 1.73. The van der Waals surface area contributed by atoms with Crippen LogP contribution in [0.15, 0.2) is 5.38 Å². The highest BCUT2D eigenvalue weighted by atomic mass is 32.1. The minimum Gasteiger partial charge on any atom is -0.473 e. The normalized spacial score (nSPS) is 9.58. The maximum atomic E-state index is 10.9. The van der Waals surface area contributed by atoms with Gasteiger partial charge in [0.15, 0.2) is 0 Å². The number of aromatic nitrogens is 1. The van der Waals surface area contributed by atoms with E-state index in [2.05, 4.69) is 4.98 Å². The van der Waals surface area contributed by atoms with Gasteiger partial charge in [-0.25, -0.2) is 0 Å². The van der Waals surface area contributed by atoms with Crippen molar-refractivity contribution in [2.24, 2.45) is 0 Å². The molecule has 1 aromatic heterocycles. The predicted octanol–water partition coefficient (Wildman–Crippen LogP) is 1.13. The number of hydrogen-bond acceptors (Lipinski definition) is 4. The Kier molecular flexibility index (Phi) is 2.65. The molecule has 1 aromatic rings. The maximum Gasteiger partial charge on any atom is 0.274 e. The molecule has 0 aliphatic carbocycles. The average molecular weight is 186 g/mol. The third-order valence-electron chi connectivity index (χ3n) is 1.46. The van der Waals surface area contributed by atoms with E-state index >= 15 is 0 Å². The number of amides is 1. The van der Waals surface area contributed by atoms with Crippen LogP contribution in [0.1, 0.15) is 6.92 Å². The molecule has 0 aliphatic heterocycles. The standard InChI is InChI=1S/C7H10N2O2S/c1-5(10)9(2)6-4-12-7(8-6)11-3/h4H,1-3H3. The van der Waals surface area contributed by atoms with E-state index in [-0.39, 0.29) is 5.91 Å². The van der Waals surface area contributed by atoms with Gasteiger partial charge in [-0.15, -0.1) is 0 Å². The van der Waals surface area contributed by atoms with Gasteiger partial charge >= 0.3 is 0 Å². The van der Waals surface area contributed by atoms with Crippen molar-refractivity contribution in [3.05, 3.63) is 5.38 Å². The summed E-state index contributed by atoms with van der Waals surface area (Å²) in [7, 11) is 3.23. The van der Waals surface area contributed by atoms with Crippen molar-refractivity contribution >= 4 is 23.1 Å². The lowest BCUT2D eigenvalue weighted by Crippen LogP contribution is -2.22. The molecule has 0 aromatic carbocycles. The largest absolute Gasteiger partial charge is 0.473 e. The summed E-state index contributed by atoms with van der Waals surface area (Å²) in [5.74, 6) is 0.590. The van der Waals surface area contributed by atoms with Crippen molar-refractivity contribution in [1.29, 1.82) is 0 Å². The average Bonchev–Trinajstić information content (AvgIpc) is 2.50. The van der Waals surface area contributed by atoms with Gasteiger partial charge in [-0.3, -0.25) is 9.69 Å². The van der Waals surface area contributed by atoms with Crippen LogP contribution in [0.2, 0.25) is 0 Å². The monoisotopic (exact) mass is 186 g/mol. The molecule has 0 N–H and O–H groups in total. The van der Waals surface area contributed by atoms with Crippen LogP contribution in [0.4, 0.5) is 5.82 Å². The van der Waals surface area contributed by atoms with Crippen LogP contribution in [0, 0.1) is 0 Å². The Bertz CT molecular complexity index is 285. The maximum absolute atomic E-state index is 10.9. The fraction of sp³-hybridized carbons (Fsp3) is 0.429. The number of ether oxygens (including phenoxy) is 1. The van der Waals surface area contributed by atoms with Crippen LogP contribution < -0.4 is 9.64 Å². The first-order valence-corrected chi connectivity index (χ1v) is 4.27. The molecule has 1 rings (SSSR count). The summed E-state index contributed by atoms with van der Waals surface area (Å²) >= 11 is 1.37. The molecule has 5 heteroatoms. The minimum absolute atomic E-state index is 0.0389. The highest BCUT2D eigenvalue weighted by molar-refractivity contribution is 7.11. The van der Waals surface area contributed by atoms with Gasteiger partial charge in [0, 0.05) is 19.4 Å². The van der Waals surface area contributed by atoms with Gasteiger partial charge in [-0.05, 0) is 0 Å². The second kappa shape index (κ2) is 3.53. The van der Waals surface area contributed by atoms with E-state index in [0.29, 0.717) is 11.0 Å². The summed E-state index contributed by atoms with van der Waals surface area (Å²) in [6.07, 6.45) is 0. The second-order valence-electron chi connectivity index (χ2n) is 2.25. The molecule has 66 valence electrons. The van der Waals surface area contributed by atoms with Crippen molar-refractivity contribution in [2.75, 3.05) is 19.1 Å². The van der Waals surface area contributed by atoms with Crippen molar-refractivity contribution in [3.8, 4) is 5.19 Å². The van der Waals surface area contributed by atoms with Crippen LogP contribution in [-0.2, 0) is 4.79 Å². The van der Waals surface area contributed by atoms with E-state index in [4.69, 9.17) is 4.74 Å². The first kappa shape index (κ1) is 8.99. The summed E-state index contributed by atoms with van der Waals surface area (Å²) in [5, 5.41) is 2.35. The highest BCUT2D eigenvalue weighted by Crippen LogP contribution is 2.22. The molecule has 0 saturated heterocycles. The molecule has 0 atom stereocenters. The second-order valence-corrected chi connectivity index (χ2v) is 3.07. The first-order valence-electron chi connectivity index (χ1n) is 3.39. The summed E-state index contributed by atoms with van der Waals surface area (Å²) in [4.78, 5) is 16.4. The molecule has 4 nitrogen and oxygen atoms in total. The number of hydrogen-bond donors (Lipinski definition) is 0. The molecule has 1 heterocycles. The van der Waals surface area contributed by atoms with Crippen molar-refractivity contribution in [1.82, 2.24) is 4.98 Å². The minimum atomic E-state index is -0.0389. The van der Waals surface area contributed by atoms with E-state index in [1.54, 1.807) is 19.5 Å². The van der Waals surface area contributed by atoms with Crippen LogP contribution in [0.3, 0.4) is 0 Å². The molecule has 0 aliphatic rings. The third-order valence-corrected chi connectivity index (χ3v) is 2.25. The van der Waals surface area contributed by atoms with Gasteiger partial charge in [0.25, 0.3) is 5.19 Å². The zero-order valence-corrected chi connectivity index (χ0v) is 8.01. The number of nitrogens with zero attached hydrogens (tertiary/aromatic N) is 2. The molecule has 1 amide bonds. The number of anilines is 1. The number of carbonyl (C=O) groups is 1. The van der Waals surface area contributed by atoms with E-state index in [1.807, 2.05) is 0 Å². The van der Waals surface area contributed by atoms with Crippen LogP contribution in [-0.4, -0.2) is 25.0 Å². The SMILES string of the molecule is COc1nc(N(C)C(C)=O)cs1. The number of thiazole rings is 1. The molecular weight excluding hydrogens is 176 g/mol. The van der Waals surface area contributed by atoms with Gasteiger partial charge in [0.1, 0.15) is 5.82 Å². The Labute approximate surface area is 74.8 Å². The number of carbonyl (C=O) groups excluding carboxylic acids is 1. The Morgan fingerprint density at radius 1 is 1.75 bits per heavy atom. The Hall–Kier alpha value is -1.10. The molecule has 0 fully saturated rings. The van der Waals surface area contributed by atoms with E-state index < -0.39 is 0 Å². The fourth-order valence-electron chi connectivity index (χ4n) is 0.658. The van der Waals surface area contributed by atoms with Crippen molar-refractivity contribution in [2.45, 2.75) is 6.92 Å². The van der Waals surface area contributed by atoms with Crippen LogP contribution in [0.25, 0.3) is 0 Å². The predicted molar refractivity (Wildman–Crippen MR) is 47.8 cm³/mol. The summed E-state index contributed by atoms with van der Waals surface area (Å²) in [6.45, 7) is 1.49. The van der Waals surface area contributed by atoms with Gasteiger partial charge < -0.3 is 4.74 Å². The molecule has 0 spiro atoms. The summed E-state index contributed by atoms with van der Waals surface area (Å²) in [5.41, 5.74) is 0. The van der Waals surface area contributed by atoms with Crippen molar-refractivity contribution < 1.29 is 9.53 Å². The van der Waals surface area contributed by atoms with Gasteiger partial charge in [0.2, 0.25) is 5.91 Å². The number of methoxy groups -OCH3 is 1.